The highest BCUT2D eigenvalue weighted by molar-refractivity contribution is 5.97. The monoisotopic (exact) mass is 371 g/mol. The van der Waals surface area contributed by atoms with Crippen molar-refractivity contribution in [2.75, 3.05) is 19.8 Å². The Hall–Kier alpha value is -3.42. The third-order valence-corrected chi connectivity index (χ3v) is 4.37. The van der Waals surface area contributed by atoms with Gasteiger partial charge in [0.25, 0.3) is 5.56 Å². The second kappa shape index (κ2) is 6.71. The molecule has 0 amide bonds. The van der Waals surface area contributed by atoms with Gasteiger partial charge in [0.05, 0.1) is 5.52 Å². The SMILES string of the molecule is C=C(/C=C(/C)N(C)C)c1cn(-c2c(F)cccc2F)c(=O)c2c(N)n[nH]c12. The molecule has 2 aromatic heterocycles. The fraction of sp³-hybridized carbons (Fsp3) is 0.158. The third kappa shape index (κ3) is 3.10. The van der Waals surface area contributed by atoms with Crippen LogP contribution in [0.15, 0.2) is 47.5 Å². The second-order valence-corrected chi connectivity index (χ2v) is 6.35. The average Bonchev–Trinajstić information content (AvgIpc) is 2.98. The molecule has 0 unspecified atom stereocenters. The van der Waals surface area contributed by atoms with E-state index in [1.165, 1.54) is 12.3 Å². The van der Waals surface area contributed by atoms with Gasteiger partial charge in [0.1, 0.15) is 22.7 Å². The lowest BCUT2D eigenvalue weighted by atomic mass is 10.1. The van der Waals surface area contributed by atoms with E-state index in [9.17, 15) is 13.6 Å². The van der Waals surface area contributed by atoms with Gasteiger partial charge in [-0.2, -0.15) is 5.10 Å². The minimum Gasteiger partial charge on any atom is -0.382 e. The third-order valence-electron chi connectivity index (χ3n) is 4.37. The van der Waals surface area contributed by atoms with Crippen molar-refractivity contribution >= 4 is 22.3 Å². The van der Waals surface area contributed by atoms with Crippen LogP contribution in [-0.4, -0.2) is 33.8 Å². The van der Waals surface area contributed by atoms with E-state index in [2.05, 4.69) is 16.8 Å². The Kier molecular flexibility index (Phi) is 4.57. The lowest BCUT2D eigenvalue weighted by Gasteiger charge is -2.15. The maximum absolute atomic E-state index is 14.3. The van der Waals surface area contributed by atoms with Crippen LogP contribution in [-0.2, 0) is 0 Å². The summed E-state index contributed by atoms with van der Waals surface area (Å²) < 4.78 is 29.5. The number of rotatable bonds is 4. The van der Waals surface area contributed by atoms with Crippen LogP contribution in [0.5, 0.6) is 0 Å². The van der Waals surface area contributed by atoms with Gasteiger partial charge in [-0.3, -0.25) is 14.5 Å². The number of fused-ring (bicyclic) bond motifs is 1. The highest BCUT2D eigenvalue weighted by Gasteiger charge is 2.20. The van der Waals surface area contributed by atoms with Crippen molar-refractivity contribution in [3.63, 3.8) is 0 Å². The Morgan fingerprint density at radius 3 is 2.56 bits per heavy atom. The molecule has 0 aliphatic heterocycles. The molecule has 1 aromatic carbocycles. The van der Waals surface area contributed by atoms with Crippen LogP contribution in [0, 0.1) is 11.6 Å². The summed E-state index contributed by atoms with van der Waals surface area (Å²) in [6.45, 7) is 5.91. The first-order chi connectivity index (χ1) is 12.7. The Balaban J connectivity index is 2.37. The lowest BCUT2D eigenvalue weighted by Crippen LogP contribution is -2.21. The first-order valence-corrected chi connectivity index (χ1v) is 8.11. The van der Waals surface area contributed by atoms with Crippen LogP contribution in [0.4, 0.5) is 14.6 Å². The van der Waals surface area contributed by atoms with Gasteiger partial charge >= 0.3 is 0 Å². The number of pyridine rings is 1. The number of nitrogen functional groups attached to an aromatic ring is 1. The number of hydrogen-bond acceptors (Lipinski definition) is 4. The van der Waals surface area contributed by atoms with E-state index in [1.54, 1.807) is 6.08 Å². The molecule has 0 saturated heterocycles. The van der Waals surface area contributed by atoms with Gasteiger partial charge in [0, 0.05) is 31.6 Å². The van der Waals surface area contributed by atoms with Crippen molar-refractivity contribution in [2.24, 2.45) is 0 Å². The number of anilines is 1. The summed E-state index contributed by atoms with van der Waals surface area (Å²) in [5.74, 6) is -1.78. The summed E-state index contributed by atoms with van der Waals surface area (Å²) >= 11 is 0. The molecule has 3 rings (SSSR count). The Morgan fingerprint density at radius 2 is 1.96 bits per heavy atom. The average molecular weight is 371 g/mol. The topological polar surface area (TPSA) is 79.9 Å². The number of nitrogens with one attached hydrogen (secondary N) is 1. The first kappa shape index (κ1) is 18.4. The fourth-order valence-corrected chi connectivity index (χ4v) is 2.73. The van der Waals surface area contributed by atoms with Crippen molar-refractivity contribution in [1.29, 1.82) is 0 Å². The van der Waals surface area contributed by atoms with Gasteiger partial charge in [-0.1, -0.05) is 12.6 Å². The number of halogens is 2. The summed E-state index contributed by atoms with van der Waals surface area (Å²) in [7, 11) is 3.75. The standard InChI is InChI=1S/C19H19F2N5O/c1-10(8-11(2)25(3)4)12-9-26(17-13(20)6-5-7-14(17)21)19(27)15-16(12)23-24-18(15)22/h5-9H,1H2,2-4H3,(H3,22,23,24)/b11-8-. The number of H-pyrrole nitrogens is 1. The number of para-hydroxylation sites is 1. The van der Waals surface area contributed by atoms with E-state index >= 15 is 0 Å². The summed E-state index contributed by atoms with van der Waals surface area (Å²) in [5, 5.41) is 6.63. The van der Waals surface area contributed by atoms with E-state index in [1.807, 2.05) is 25.9 Å². The van der Waals surface area contributed by atoms with Crippen LogP contribution < -0.4 is 11.3 Å². The fourth-order valence-electron chi connectivity index (χ4n) is 2.73. The highest BCUT2D eigenvalue weighted by Crippen LogP contribution is 2.27. The van der Waals surface area contributed by atoms with Gasteiger partial charge in [-0.05, 0) is 30.7 Å². The summed E-state index contributed by atoms with van der Waals surface area (Å²) in [5.41, 5.74) is 6.91. The zero-order valence-electron chi connectivity index (χ0n) is 15.2. The van der Waals surface area contributed by atoms with Crippen molar-refractivity contribution in [3.05, 3.63) is 70.3 Å². The predicted molar refractivity (Wildman–Crippen MR) is 102 cm³/mol. The quantitative estimate of drug-likeness (QED) is 0.691. The van der Waals surface area contributed by atoms with Gasteiger partial charge in [-0.15, -0.1) is 0 Å². The highest BCUT2D eigenvalue weighted by atomic mass is 19.1. The van der Waals surface area contributed by atoms with Crippen molar-refractivity contribution in [3.8, 4) is 5.69 Å². The number of nitrogens with two attached hydrogens (primary N) is 1. The number of allylic oxidation sites excluding steroid dienone is 3. The van der Waals surface area contributed by atoms with Crippen LogP contribution in [0.1, 0.15) is 12.5 Å². The Bertz CT molecular complexity index is 1120. The van der Waals surface area contributed by atoms with Gasteiger partial charge < -0.3 is 10.6 Å². The molecule has 6 nitrogen and oxygen atoms in total. The molecular formula is C19H19F2N5O. The van der Waals surface area contributed by atoms with Gasteiger partial charge in [0.15, 0.2) is 5.82 Å². The number of hydrogen-bond donors (Lipinski definition) is 2. The van der Waals surface area contributed by atoms with E-state index < -0.39 is 22.9 Å². The predicted octanol–water partition coefficient (Wildman–Crippen LogP) is 3.05. The molecule has 0 radical (unpaired) electrons. The molecular weight excluding hydrogens is 352 g/mol. The molecule has 0 aliphatic rings. The molecule has 0 spiro atoms. The summed E-state index contributed by atoms with van der Waals surface area (Å²) in [4.78, 5) is 14.7. The van der Waals surface area contributed by atoms with E-state index in [0.29, 0.717) is 16.7 Å². The zero-order chi connectivity index (χ0) is 19.9. The molecule has 0 aliphatic carbocycles. The molecule has 27 heavy (non-hydrogen) atoms. The molecule has 0 bridgehead atoms. The zero-order valence-corrected chi connectivity index (χ0v) is 15.2. The molecule has 3 N–H and O–H groups in total. The van der Waals surface area contributed by atoms with Crippen LogP contribution >= 0.6 is 0 Å². The van der Waals surface area contributed by atoms with Crippen LogP contribution in [0.25, 0.3) is 22.2 Å². The Labute approximate surface area is 154 Å². The van der Waals surface area contributed by atoms with E-state index in [0.717, 1.165) is 22.4 Å². The van der Waals surface area contributed by atoms with Gasteiger partial charge in [-0.25, -0.2) is 8.78 Å². The molecule has 3 aromatic rings. The van der Waals surface area contributed by atoms with Crippen LogP contribution in [0.3, 0.4) is 0 Å². The maximum Gasteiger partial charge on any atom is 0.268 e. The summed E-state index contributed by atoms with van der Waals surface area (Å²) in [6.07, 6.45) is 3.13. The number of nitrogens with zero attached hydrogens (tertiary/aromatic N) is 3. The van der Waals surface area contributed by atoms with E-state index in [4.69, 9.17) is 5.73 Å². The van der Waals surface area contributed by atoms with Crippen molar-refractivity contribution in [1.82, 2.24) is 19.7 Å². The minimum absolute atomic E-state index is 0.0483. The largest absolute Gasteiger partial charge is 0.382 e. The molecule has 140 valence electrons. The summed E-state index contributed by atoms with van der Waals surface area (Å²) in [6, 6.07) is 3.39. The molecule has 2 heterocycles. The lowest BCUT2D eigenvalue weighted by molar-refractivity contribution is 0.514. The smallest absolute Gasteiger partial charge is 0.268 e. The number of aromatic amines is 1. The molecule has 0 saturated carbocycles. The number of benzene rings is 1. The van der Waals surface area contributed by atoms with E-state index in [-0.39, 0.29) is 11.2 Å². The molecule has 8 heteroatoms. The Morgan fingerprint density at radius 1 is 1.33 bits per heavy atom. The van der Waals surface area contributed by atoms with Crippen molar-refractivity contribution in [2.45, 2.75) is 6.92 Å². The maximum atomic E-state index is 14.3. The van der Waals surface area contributed by atoms with Gasteiger partial charge in [0.2, 0.25) is 0 Å². The number of aromatic nitrogens is 3. The normalized spacial score (nSPS) is 11.8. The van der Waals surface area contributed by atoms with Crippen LogP contribution in [0.2, 0.25) is 0 Å². The van der Waals surface area contributed by atoms with Crippen molar-refractivity contribution < 1.29 is 8.78 Å². The second-order valence-electron chi connectivity index (χ2n) is 6.35. The molecule has 0 atom stereocenters. The molecule has 0 fully saturated rings. The first-order valence-electron chi connectivity index (χ1n) is 8.11. The minimum atomic E-state index is -0.866.